The van der Waals surface area contributed by atoms with Gasteiger partial charge in [0.1, 0.15) is 0 Å². The van der Waals surface area contributed by atoms with Gasteiger partial charge in [-0.05, 0) is 54.5 Å². The van der Waals surface area contributed by atoms with E-state index in [-0.39, 0.29) is 11.7 Å². The Morgan fingerprint density at radius 2 is 1.81 bits per heavy atom. The fourth-order valence-electron chi connectivity index (χ4n) is 4.98. The monoisotopic (exact) mass is 497 g/mol. The molecule has 1 saturated carbocycles. The van der Waals surface area contributed by atoms with Gasteiger partial charge in [-0.15, -0.1) is 10.2 Å². The molecule has 1 N–H and O–H groups in total. The van der Waals surface area contributed by atoms with Crippen molar-refractivity contribution in [1.29, 1.82) is 0 Å². The number of amides is 1. The van der Waals surface area contributed by atoms with Gasteiger partial charge in [-0.25, -0.2) is 0 Å². The van der Waals surface area contributed by atoms with Crippen LogP contribution in [0.1, 0.15) is 49.8 Å². The van der Waals surface area contributed by atoms with Gasteiger partial charge in [0.25, 0.3) is 0 Å². The fraction of sp³-hybridized carbons (Fsp3) is 0.310. The Balaban J connectivity index is 1.32. The minimum Gasteiger partial charge on any atom is -0.325 e. The number of aromatic nitrogens is 4. The van der Waals surface area contributed by atoms with Gasteiger partial charge in [-0.3, -0.25) is 14.3 Å². The lowest BCUT2D eigenvalue weighted by Crippen LogP contribution is -2.23. The first-order valence-corrected chi connectivity index (χ1v) is 13.6. The summed E-state index contributed by atoms with van der Waals surface area (Å²) in [5.74, 6) is 1.59. The Morgan fingerprint density at radius 1 is 1.00 bits per heavy atom. The molecule has 4 aromatic rings. The first-order chi connectivity index (χ1) is 17.7. The molecule has 1 aliphatic rings. The van der Waals surface area contributed by atoms with Crippen molar-refractivity contribution in [2.24, 2.45) is 5.92 Å². The van der Waals surface area contributed by atoms with E-state index < -0.39 is 0 Å². The number of anilines is 1. The zero-order chi connectivity index (χ0) is 24.7. The number of para-hydroxylation sites is 1. The van der Waals surface area contributed by atoms with E-state index >= 15 is 0 Å². The summed E-state index contributed by atoms with van der Waals surface area (Å²) in [6.45, 7) is 2.31. The minimum atomic E-state index is -0.0466. The average molecular weight is 498 g/mol. The Hall–Kier alpha value is -3.45. The van der Waals surface area contributed by atoms with Gasteiger partial charge >= 0.3 is 0 Å². The second-order valence-electron chi connectivity index (χ2n) is 9.40. The van der Waals surface area contributed by atoms with Crippen LogP contribution in [0.15, 0.2) is 84.3 Å². The van der Waals surface area contributed by atoms with Gasteiger partial charge in [-0.2, -0.15) is 0 Å². The zero-order valence-corrected chi connectivity index (χ0v) is 21.3. The molecule has 6 nitrogen and oxygen atoms in total. The van der Waals surface area contributed by atoms with E-state index in [0.29, 0.717) is 12.0 Å². The van der Waals surface area contributed by atoms with Crippen LogP contribution in [-0.2, 0) is 11.2 Å². The number of carbonyl (C=O) groups excluding carboxylic acids is 1. The normalized spacial score (nSPS) is 17.6. The van der Waals surface area contributed by atoms with Crippen molar-refractivity contribution >= 4 is 23.4 Å². The molecule has 2 aromatic carbocycles. The molecular formula is C29H31N5OS. The molecule has 1 amide bonds. The van der Waals surface area contributed by atoms with Gasteiger partial charge in [0.05, 0.1) is 5.75 Å². The standard InChI is InChI=1S/C29H31N5OS/c1-21-10-5-8-16-26(21)34-28(24-14-9-17-30-19-24)32-33-29(34)36-20-27(35)31-25-15-7-6-13-23(25)18-22-11-3-2-4-12-22/h2-4,6-7,9,11-15,17,19,21,26H,5,8,10,16,18,20H2,1H3,(H,31,35)/t21-,26-/m0/s1. The Labute approximate surface area is 216 Å². The summed E-state index contributed by atoms with van der Waals surface area (Å²) < 4.78 is 2.25. The predicted octanol–water partition coefficient (Wildman–Crippen LogP) is 6.41. The highest BCUT2D eigenvalue weighted by molar-refractivity contribution is 7.99. The highest BCUT2D eigenvalue weighted by Crippen LogP contribution is 2.38. The number of benzene rings is 2. The van der Waals surface area contributed by atoms with E-state index in [1.54, 1.807) is 6.20 Å². The van der Waals surface area contributed by atoms with E-state index in [9.17, 15) is 4.79 Å². The number of carbonyl (C=O) groups is 1. The molecule has 1 aliphatic carbocycles. The molecule has 2 aromatic heterocycles. The second kappa shape index (κ2) is 11.5. The molecule has 2 atom stereocenters. The Kier molecular flexibility index (Phi) is 7.76. The van der Waals surface area contributed by atoms with Crippen LogP contribution in [0.25, 0.3) is 11.4 Å². The summed E-state index contributed by atoms with van der Waals surface area (Å²) in [7, 11) is 0. The van der Waals surface area contributed by atoms with Gasteiger partial charge in [0, 0.05) is 29.7 Å². The molecule has 5 rings (SSSR count). The van der Waals surface area contributed by atoms with E-state index in [1.165, 1.54) is 36.6 Å². The van der Waals surface area contributed by atoms with Crippen LogP contribution in [0.2, 0.25) is 0 Å². The summed E-state index contributed by atoms with van der Waals surface area (Å²) in [6.07, 6.45) is 9.11. The first-order valence-electron chi connectivity index (χ1n) is 12.6. The highest BCUT2D eigenvalue weighted by Gasteiger charge is 2.29. The summed E-state index contributed by atoms with van der Waals surface area (Å²) in [5.41, 5.74) is 4.12. The SMILES string of the molecule is C[C@H]1CCCC[C@@H]1n1c(SCC(=O)Nc2ccccc2Cc2ccccc2)nnc1-c1cccnc1. The molecule has 2 heterocycles. The maximum Gasteiger partial charge on any atom is 0.234 e. The molecule has 0 bridgehead atoms. The Morgan fingerprint density at radius 3 is 2.61 bits per heavy atom. The molecule has 0 spiro atoms. The maximum absolute atomic E-state index is 13.0. The number of rotatable bonds is 8. The van der Waals surface area contributed by atoms with Gasteiger partial charge in [0.2, 0.25) is 5.91 Å². The molecular weight excluding hydrogens is 466 g/mol. The summed E-state index contributed by atoms with van der Waals surface area (Å²) >= 11 is 1.45. The second-order valence-corrected chi connectivity index (χ2v) is 10.3. The van der Waals surface area contributed by atoms with Crippen LogP contribution < -0.4 is 5.32 Å². The van der Waals surface area contributed by atoms with Crippen LogP contribution in [-0.4, -0.2) is 31.4 Å². The fourth-order valence-corrected chi connectivity index (χ4v) is 5.77. The van der Waals surface area contributed by atoms with Gasteiger partial charge in [-0.1, -0.05) is 80.1 Å². The lowest BCUT2D eigenvalue weighted by molar-refractivity contribution is -0.113. The molecule has 0 radical (unpaired) electrons. The van der Waals surface area contributed by atoms with Crippen molar-refractivity contribution in [3.8, 4) is 11.4 Å². The van der Waals surface area contributed by atoms with Gasteiger partial charge < -0.3 is 5.32 Å². The third kappa shape index (κ3) is 5.68. The number of hydrogen-bond donors (Lipinski definition) is 1. The minimum absolute atomic E-state index is 0.0466. The molecule has 36 heavy (non-hydrogen) atoms. The van der Waals surface area contributed by atoms with E-state index in [0.717, 1.165) is 40.6 Å². The topological polar surface area (TPSA) is 72.7 Å². The predicted molar refractivity (Wildman–Crippen MR) is 145 cm³/mol. The molecule has 0 saturated heterocycles. The number of nitrogens with zero attached hydrogens (tertiary/aromatic N) is 4. The van der Waals surface area contributed by atoms with Crippen molar-refractivity contribution in [3.63, 3.8) is 0 Å². The van der Waals surface area contributed by atoms with E-state index in [1.807, 2.05) is 54.7 Å². The van der Waals surface area contributed by atoms with Crippen molar-refractivity contribution < 1.29 is 4.79 Å². The van der Waals surface area contributed by atoms with Gasteiger partial charge in [0.15, 0.2) is 11.0 Å². The number of nitrogens with one attached hydrogen (secondary N) is 1. The number of thioether (sulfide) groups is 1. The zero-order valence-electron chi connectivity index (χ0n) is 20.5. The van der Waals surface area contributed by atoms with E-state index in [2.05, 4.69) is 50.2 Å². The average Bonchev–Trinajstić information content (AvgIpc) is 3.34. The maximum atomic E-state index is 13.0. The van der Waals surface area contributed by atoms with Crippen molar-refractivity contribution in [1.82, 2.24) is 19.7 Å². The quantitative estimate of drug-likeness (QED) is 0.285. The van der Waals surface area contributed by atoms with E-state index in [4.69, 9.17) is 0 Å². The van der Waals surface area contributed by atoms with Crippen LogP contribution in [0, 0.1) is 5.92 Å². The van der Waals surface area contributed by atoms with Crippen LogP contribution in [0.4, 0.5) is 5.69 Å². The lowest BCUT2D eigenvalue weighted by Gasteiger charge is -2.31. The summed E-state index contributed by atoms with van der Waals surface area (Å²) in [6, 6.07) is 22.6. The summed E-state index contributed by atoms with van der Waals surface area (Å²) in [5, 5.41) is 13.0. The molecule has 7 heteroatoms. The highest BCUT2D eigenvalue weighted by atomic mass is 32.2. The van der Waals surface area contributed by atoms with Crippen molar-refractivity contribution in [3.05, 3.63) is 90.3 Å². The molecule has 0 aliphatic heterocycles. The smallest absolute Gasteiger partial charge is 0.234 e. The first kappa shape index (κ1) is 24.3. The third-order valence-electron chi connectivity index (χ3n) is 6.84. The molecule has 0 unspecified atom stereocenters. The third-order valence-corrected chi connectivity index (χ3v) is 7.79. The van der Waals surface area contributed by atoms with Crippen molar-refractivity contribution in [2.75, 3.05) is 11.1 Å². The number of pyridine rings is 1. The van der Waals surface area contributed by atoms with Crippen LogP contribution in [0.5, 0.6) is 0 Å². The lowest BCUT2D eigenvalue weighted by atomic mass is 9.85. The van der Waals surface area contributed by atoms with Crippen LogP contribution >= 0.6 is 11.8 Å². The van der Waals surface area contributed by atoms with Crippen molar-refractivity contribution in [2.45, 2.75) is 50.2 Å². The van der Waals surface area contributed by atoms with Crippen LogP contribution in [0.3, 0.4) is 0 Å². The largest absolute Gasteiger partial charge is 0.325 e. The molecule has 184 valence electrons. The summed E-state index contributed by atoms with van der Waals surface area (Å²) in [4.78, 5) is 17.3. The molecule has 1 fully saturated rings. The number of hydrogen-bond acceptors (Lipinski definition) is 5. The Bertz CT molecular complexity index is 1290.